The van der Waals surface area contributed by atoms with Gasteiger partial charge >= 0.3 is 5.97 Å². The van der Waals surface area contributed by atoms with Crippen molar-refractivity contribution in [2.45, 2.75) is 72.1 Å². The molecule has 2 aromatic rings. The van der Waals surface area contributed by atoms with Gasteiger partial charge in [-0.2, -0.15) is 5.10 Å². The summed E-state index contributed by atoms with van der Waals surface area (Å²) in [6, 6.07) is 7.83. The minimum absolute atomic E-state index is 0.0180. The van der Waals surface area contributed by atoms with Crippen LogP contribution in [0.15, 0.2) is 24.3 Å². The van der Waals surface area contributed by atoms with E-state index in [0.29, 0.717) is 31.7 Å². The molecule has 164 valence electrons. The largest absolute Gasteiger partial charge is 0.466 e. The van der Waals surface area contributed by atoms with Crippen molar-refractivity contribution >= 4 is 24.3 Å². The number of hydrogen-bond acceptors (Lipinski definition) is 6. The number of nitriles is 1. The molecule has 0 unspecified atom stereocenters. The molecule has 1 saturated heterocycles. The molecule has 0 spiro atoms. The van der Waals surface area contributed by atoms with Crippen LogP contribution in [-0.2, 0) is 21.5 Å². The summed E-state index contributed by atoms with van der Waals surface area (Å²) < 4.78 is 7.39. The number of ether oxygens (including phenoxy) is 1. The van der Waals surface area contributed by atoms with Gasteiger partial charge in [-0.3, -0.25) is 4.79 Å². The average molecular weight is 421 g/mol. The highest BCUT2D eigenvalue weighted by atomic mass is 16.5. The smallest absolute Gasteiger partial charge is 0.312 e. The quantitative estimate of drug-likeness (QED) is 0.544. The van der Waals surface area contributed by atoms with Gasteiger partial charge in [-0.25, -0.2) is 14.9 Å². The number of anilines is 2. The number of nitrogens with one attached hydrogen (secondary N) is 1. The van der Waals surface area contributed by atoms with E-state index in [1.807, 2.05) is 42.8 Å². The Bertz CT molecular complexity index is 965. The van der Waals surface area contributed by atoms with E-state index >= 15 is 0 Å². The fourth-order valence-corrected chi connectivity index (χ4v) is 4.26. The lowest BCUT2D eigenvalue weighted by Crippen LogP contribution is -2.40. The lowest BCUT2D eigenvalue weighted by molar-refractivity contribution is -0.156. The molecule has 0 radical (unpaired) electrons. The maximum atomic E-state index is 12.9. The minimum atomic E-state index is -0.612. The normalized spacial score (nSPS) is 15.9. The summed E-state index contributed by atoms with van der Waals surface area (Å²) in [4.78, 5) is 17.7. The number of aromatic nitrogens is 3. The highest BCUT2D eigenvalue weighted by Gasteiger charge is 2.44. The standard InChI is InChI=1S/C23H32BN5O2/c1-6-31-21(30)23(10-12-24(16-25)13-11-23)15-18-8-7-9-19(26-18)27-20-14-17(2)28-29(20)22(3,4)5/h7-9,14H,6,10-13,15H2,1-5H3,(H,26,27). The third kappa shape index (κ3) is 5.27. The molecule has 0 bridgehead atoms. The molecule has 3 rings (SSSR count). The van der Waals surface area contributed by atoms with Gasteiger partial charge in [-0.05, 0) is 59.6 Å². The van der Waals surface area contributed by atoms with Gasteiger partial charge in [0.1, 0.15) is 11.6 Å². The van der Waals surface area contributed by atoms with Crippen LogP contribution in [0.1, 0.15) is 51.9 Å². The van der Waals surface area contributed by atoms with Gasteiger partial charge in [0.2, 0.25) is 0 Å². The molecular formula is C23H32BN5O2. The second-order valence-electron chi connectivity index (χ2n) is 9.47. The van der Waals surface area contributed by atoms with Crippen LogP contribution in [0.5, 0.6) is 0 Å². The lowest BCUT2D eigenvalue weighted by Gasteiger charge is -2.35. The molecule has 31 heavy (non-hydrogen) atoms. The molecule has 1 aliphatic heterocycles. The first kappa shape index (κ1) is 22.9. The van der Waals surface area contributed by atoms with Gasteiger partial charge in [-0.15, -0.1) is 0 Å². The monoisotopic (exact) mass is 421 g/mol. The first-order valence-electron chi connectivity index (χ1n) is 11.0. The van der Waals surface area contributed by atoms with Crippen molar-refractivity contribution in [2.75, 3.05) is 11.9 Å². The molecular weight excluding hydrogens is 389 g/mol. The molecule has 0 amide bonds. The summed E-state index contributed by atoms with van der Waals surface area (Å²) in [5.74, 6) is 3.77. The van der Waals surface area contributed by atoms with Crippen LogP contribution in [0, 0.1) is 23.6 Å². The van der Waals surface area contributed by atoms with Gasteiger partial charge in [0.05, 0.1) is 23.3 Å². The van der Waals surface area contributed by atoms with Crippen LogP contribution in [0.2, 0.25) is 12.6 Å². The Morgan fingerprint density at radius 2 is 2.06 bits per heavy atom. The summed E-state index contributed by atoms with van der Waals surface area (Å²) in [6.07, 6.45) is 3.25. The maximum Gasteiger partial charge on any atom is 0.312 e. The van der Waals surface area contributed by atoms with Gasteiger partial charge in [-0.1, -0.05) is 18.7 Å². The third-order valence-corrected chi connectivity index (χ3v) is 5.88. The van der Waals surface area contributed by atoms with Gasteiger partial charge in [0, 0.05) is 24.1 Å². The van der Waals surface area contributed by atoms with Crippen molar-refractivity contribution < 1.29 is 9.53 Å². The van der Waals surface area contributed by atoms with Crippen LogP contribution in [0.25, 0.3) is 0 Å². The SMILES string of the molecule is CCOC(=O)C1(Cc2cccc(Nc3cc(C)nn3C(C)(C)C)n2)CCB(C#N)CC1. The van der Waals surface area contributed by atoms with E-state index in [0.717, 1.165) is 29.8 Å². The Labute approximate surface area is 185 Å². The Balaban J connectivity index is 1.84. The molecule has 1 aliphatic rings. The van der Waals surface area contributed by atoms with Crippen molar-refractivity contribution in [1.29, 1.82) is 5.26 Å². The molecule has 7 nitrogen and oxygen atoms in total. The molecule has 8 heteroatoms. The number of esters is 1. The Morgan fingerprint density at radius 1 is 1.35 bits per heavy atom. The number of rotatable bonds is 6. The maximum absolute atomic E-state index is 12.9. The van der Waals surface area contributed by atoms with Crippen LogP contribution in [0.3, 0.4) is 0 Å². The molecule has 2 aromatic heterocycles. The molecule has 1 N–H and O–H groups in total. The molecule has 0 atom stereocenters. The Kier molecular flexibility index (Phi) is 6.73. The number of carbonyl (C=O) groups is 1. The summed E-state index contributed by atoms with van der Waals surface area (Å²) >= 11 is 0. The molecule has 0 aromatic carbocycles. The molecule has 0 saturated carbocycles. The minimum Gasteiger partial charge on any atom is -0.466 e. The number of carbonyl (C=O) groups excluding carboxylic acids is 1. The zero-order chi connectivity index (χ0) is 22.6. The van der Waals surface area contributed by atoms with Crippen molar-refractivity contribution in [3.8, 4) is 5.97 Å². The van der Waals surface area contributed by atoms with Crippen LogP contribution >= 0.6 is 0 Å². The number of aryl methyl sites for hydroxylation is 1. The predicted octanol–water partition coefficient (Wildman–Crippen LogP) is 4.53. The fraction of sp³-hybridized carbons (Fsp3) is 0.565. The van der Waals surface area contributed by atoms with Crippen LogP contribution in [-0.4, -0.2) is 34.1 Å². The summed E-state index contributed by atoms with van der Waals surface area (Å²) in [5, 5.41) is 17.3. The van der Waals surface area contributed by atoms with Crippen molar-refractivity contribution in [3.05, 3.63) is 35.7 Å². The van der Waals surface area contributed by atoms with E-state index < -0.39 is 5.41 Å². The fourth-order valence-electron chi connectivity index (χ4n) is 4.26. The Hall–Kier alpha value is -2.82. The topological polar surface area (TPSA) is 92.8 Å². The zero-order valence-corrected chi connectivity index (χ0v) is 19.2. The zero-order valence-electron chi connectivity index (χ0n) is 19.2. The van der Waals surface area contributed by atoms with Crippen molar-refractivity contribution in [2.24, 2.45) is 5.41 Å². The highest BCUT2D eigenvalue weighted by Crippen LogP contribution is 2.41. The van der Waals surface area contributed by atoms with Gasteiger partial charge in [0.15, 0.2) is 0 Å². The molecule has 0 aliphatic carbocycles. The Morgan fingerprint density at radius 3 is 2.68 bits per heavy atom. The predicted molar refractivity (Wildman–Crippen MR) is 122 cm³/mol. The van der Waals surface area contributed by atoms with E-state index in [1.165, 1.54) is 0 Å². The second-order valence-corrected chi connectivity index (χ2v) is 9.47. The average Bonchev–Trinajstić information content (AvgIpc) is 3.09. The summed E-state index contributed by atoms with van der Waals surface area (Å²) in [6.45, 7) is 10.5. The van der Waals surface area contributed by atoms with Gasteiger partial charge < -0.3 is 10.1 Å². The molecule has 3 heterocycles. The van der Waals surface area contributed by atoms with E-state index in [2.05, 4.69) is 37.2 Å². The third-order valence-electron chi connectivity index (χ3n) is 5.88. The van der Waals surface area contributed by atoms with E-state index in [1.54, 1.807) is 0 Å². The number of hydrogen-bond donors (Lipinski definition) is 1. The summed E-state index contributed by atoms with van der Waals surface area (Å²) in [7, 11) is 0. The molecule has 1 fully saturated rings. The highest BCUT2D eigenvalue weighted by molar-refractivity contribution is 6.67. The number of nitrogens with zero attached hydrogens (tertiary/aromatic N) is 4. The number of pyridine rings is 1. The summed E-state index contributed by atoms with van der Waals surface area (Å²) in [5.41, 5.74) is 0.997. The van der Waals surface area contributed by atoms with Crippen LogP contribution < -0.4 is 5.32 Å². The van der Waals surface area contributed by atoms with E-state index in [-0.39, 0.29) is 18.2 Å². The second kappa shape index (κ2) is 9.13. The first-order valence-corrected chi connectivity index (χ1v) is 11.0. The van der Waals surface area contributed by atoms with Crippen molar-refractivity contribution in [1.82, 2.24) is 14.8 Å². The lowest BCUT2D eigenvalue weighted by atomic mass is 9.39. The first-order chi connectivity index (χ1) is 14.7. The van der Waals surface area contributed by atoms with Crippen molar-refractivity contribution in [3.63, 3.8) is 0 Å². The van der Waals surface area contributed by atoms with Gasteiger partial charge in [0.25, 0.3) is 6.71 Å². The van der Waals surface area contributed by atoms with E-state index in [9.17, 15) is 10.1 Å². The van der Waals surface area contributed by atoms with Crippen LogP contribution in [0.4, 0.5) is 11.6 Å². The van der Waals surface area contributed by atoms with E-state index in [4.69, 9.17) is 9.72 Å².